The van der Waals surface area contributed by atoms with E-state index in [1.807, 2.05) is 35.7 Å². The smallest absolute Gasteiger partial charge is 0.224 e. The molecule has 1 aromatic heterocycles. The first-order valence-electron chi connectivity index (χ1n) is 7.80. The fourth-order valence-electron chi connectivity index (χ4n) is 2.66. The van der Waals surface area contributed by atoms with Gasteiger partial charge in [-0.15, -0.1) is 0 Å². The van der Waals surface area contributed by atoms with E-state index < -0.39 is 0 Å². The minimum Gasteiger partial charge on any atom is -0.306 e. The second-order valence-corrected chi connectivity index (χ2v) is 6.71. The number of aromatic nitrogens is 1. The molecule has 1 aromatic carbocycles. The Morgan fingerprint density at radius 2 is 2.00 bits per heavy atom. The van der Waals surface area contributed by atoms with Crippen molar-refractivity contribution in [1.82, 2.24) is 4.98 Å². The Labute approximate surface area is 143 Å². The van der Waals surface area contributed by atoms with Crippen LogP contribution in [-0.4, -0.2) is 22.9 Å². The van der Waals surface area contributed by atoms with Gasteiger partial charge < -0.3 is 4.90 Å². The molecule has 3 nitrogen and oxygen atoms in total. The highest BCUT2D eigenvalue weighted by molar-refractivity contribution is 7.98. The zero-order valence-corrected chi connectivity index (χ0v) is 15.1. The number of thioether (sulfide) groups is 1. The normalized spacial score (nSPS) is 10.6. The van der Waals surface area contributed by atoms with Gasteiger partial charge in [-0.3, -0.25) is 9.78 Å². The molecule has 0 saturated heterocycles. The molecule has 1 amide bonds. The fraction of sp³-hybridized carbons (Fsp3) is 0.368. The third kappa shape index (κ3) is 4.58. The van der Waals surface area contributed by atoms with Crippen LogP contribution in [0.15, 0.2) is 36.5 Å². The van der Waals surface area contributed by atoms with Crippen LogP contribution in [0.2, 0.25) is 0 Å². The highest BCUT2D eigenvalue weighted by Gasteiger charge is 2.16. The number of amides is 1. The minimum absolute atomic E-state index is 0.0402. The molecule has 0 bridgehead atoms. The number of hydrogen-bond donors (Lipinski definition) is 0. The number of anilines is 1. The van der Waals surface area contributed by atoms with E-state index in [4.69, 9.17) is 0 Å². The quantitative estimate of drug-likeness (QED) is 0.798. The summed E-state index contributed by atoms with van der Waals surface area (Å²) in [6, 6.07) is 10.4. The lowest BCUT2D eigenvalue weighted by molar-refractivity contribution is -0.116. The number of aryl methyl sites for hydroxylation is 3. The topological polar surface area (TPSA) is 33.2 Å². The first kappa shape index (κ1) is 17.5. The molecular formula is C19H24N2OS. The standard InChI is InChI=1S/C19H24N2OS/c1-14-7-8-17(9-11-23-4)18(12-14)13-21(16(3)22)19-6-5-10-20-15(19)2/h5-8,10,12H,9,11,13H2,1-4H3. The molecular weight excluding hydrogens is 304 g/mol. The number of pyridine rings is 1. The van der Waals surface area contributed by atoms with Gasteiger partial charge in [0.1, 0.15) is 0 Å². The third-order valence-electron chi connectivity index (χ3n) is 3.92. The average molecular weight is 328 g/mol. The molecule has 0 spiro atoms. The van der Waals surface area contributed by atoms with Crippen LogP contribution >= 0.6 is 11.8 Å². The second kappa shape index (κ2) is 8.16. The lowest BCUT2D eigenvalue weighted by Gasteiger charge is -2.24. The number of rotatable bonds is 6. The Morgan fingerprint density at radius 3 is 2.65 bits per heavy atom. The molecule has 0 atom stereocenters. The Hall–Kier alpha value is -1.81. The van der Waals surface area contributed by atoms with Gasteiger partial charge in [-0.25, -0.2) is 0 Å². The van der Waals surface area contributed by atoms with E-state index in [1.165, 1.54) is 16.7 Å². The highest BCUT2D eigenvalue weighted by Crippen LogP contribution is 2.23. The van der Waals surface area contributed by atoms with Crippen LogP contribution < -0.4 is 4.90 Å². The van der Waals surface area contributed by atoms with Crippen LogP contribution in [0.25, 0.3) is 0 Å². The summed E-state index contributed by atoms with van der Waals surface area (Å²) in [4.78, 5) is 18.3. The molecule has 0 aliphatic rings. The van der Waals surface area contributed by atoms with Gasteiger partial charge in [-0.1, -0.05) is 23.8 Å². The molecule has 0 aliphatic heterocycles. The minimum atomic E-state index is 0.0402. The molecule has 0 unspecified atom stereocenters. The zero-order valence-electron chi connectivity index (χ0n) is 14.3. The van der Waals surface area contributed by atoms with Crippen LogP contribution in [0.5, 0.6) is 0 Å². The third-order valence-corrected chi connectivity index (χ3v) is 4.53. The van der Waals surface area contributed by atoms with Crippen molar-refractivity contribution < 1.29 is 4.79 Å². The van der Waals surface area contributed by atoms with Crippen LogP contribution in [0.3, 0.4) is 0 Å². The van der Waals surface area contributed by atoms with Crippen molar-refractivity contribution in [2.24, 2.45) is 0 Å². The van der Waals surface area contributed by atoms with E-state index in [0.717, 1.165) is 23.6 Å². The largest absolute Gasteiger partial charge is 0.306 e. The Balaban J connectivity index is 2.35. The number of carbonyl (C=O) groups excluding carboxylic acids is 1. The summed E-state index contributed by atoms with van der Waals surface area (Å²) in [6.45, 7) is 6.24. The van der Waals surface area contributed by atoms with E-state index in [0.29, 0.717) is 6.54 Å². The summed E-state index contributed by atoms with van der Waals surface area (Å²) in [5.41, 5.74) is 5.52. The average Bonchev–Trinajstić information content (AvgIpc) is 2.52. The molecule has 0 aliphatic carbocycles. The number of carbonyl (C=O) groups is 1. The van der Waals surface area contributed by atoms with Crippen molar-refractivity contribution in [3.63, 3.8) is 0 Å². The monoisotopic (exact) mass is 328 g/mol. The van der Waals surface area contributed by atoms with Gasteiger partial charge in [0.2, 0.25) is 5.91 Å². The van der Waals surface area contributed by atoms with Crippen molar-refractivity contribution in [2.75, 3.05) is 16.9 Å². The molecule has 0 N–H and O–H groups in total. The van der Waals surface area contributed by atoms with Crippen LogP contribution in [0.4, 0.5) is 5.69 Å². The molecule has 122 valence electrons. The summed E-state index contributed by atoms with van der Waals surface area (Å²) in [5.74, 6) is 1.13. The summed E-state index contributed by atoms with van der Waals surface area (Å²) >= 11 is 1.84. The summed E-state index contributed by atoms with van der Waals surface area (Å²) in [6.07, 6.45) is 4.90. The molecule has 1 heterocycles. The van der Waals surface area contributed by atoms with E-state index in [2.05, 4.69) is 36.4 Å². The van der Waals surface area contributed by atoms with Gasteiger partial charge in [0, 0.05) is 13.1 Å². The van der Waals surface area contributed by atoms with Crippen molar-refractivity contribution in [3.8, 4) is 0 Å². The molecule has 4 heteroatoms. The number of hydrogen-bond acceptors (Lipinski definition) is 3. The molecule has 2 aromatic rings. The van der Waals surface area contributed by atoms with Gasteiger partial charge in [0.15, 0.2) is 0 Å². The zero-order chi connectivity index (χ0) is 16.8. The van der Waals surface area contributed by atoms with Crippen molar-refractivity contribution >= 4 is 23.4 Å². The Morgan fingerprint density at radius 1 is 1.22 bits per heavy atom. The Kier molecular flexibility index (Phi) is 6.22. The maximum atomic E-state index is 12.2. The summed E-state index contributed by atoms with van der Waals surface area (Å²) in [7, 11) is 0. The van der Waals surface area contributed by atoms with Gasteiger partial charge in [-0.05, 0) is 55.5 Å². The Bertz CT molecular complexity index is 685. The summed E-state index contributed by atoms with van der Waals surface area (Å²) in [5, 5.41) is 0. The molecule has 23 heavy (non-hydrogen) atoms. The van der Waals surface area contributed by atoms with Crippen molar-refractivity contribution in [1.29, 1.82) is 0 Å². The van der Waals surface area contributed by atoms with Crippen LogP contribution in [-0.2, 0) is 17.8 Å². The van der Waals surface area contributed by atoms with Gasteiger partial charge in [-0.2, -0.15) is 11.8 Å². The van der Waals surface area contributed by atoms with Crippen LogP contribution in [0.1, 0.15) is 29.3 Å². The highest BCUT2D eigenvalue weighted by atomic mass is 32.2. The predicted octanol–water partition coefficient (Wildman–Crippen LogP) is 4.16. The maximum absolute atomic E-state index is 12.2. The number of nitrogens with zero attached hydrogens (tertiary/aromatic N) is 2. The summed E-state index contributed by atoms with van der Waals surface area (Å²) < 4.78 is 0. The second-order valence-electron chi connectivity index (χ2n) is 5.73. The first-order chi connectivity index (χ1) is 11.0. The van der Waals surface area contributed by atoms with Crippen molar-refractivity contribution in [2.45, 2.75) is 33.7 Å². The van der Waals surface area contributed by atoms with E-state index in [-0.39, 0.29) is 5.91 Å². The van der Waals surface area contributed by atoms with Gasteiger partial charge >= 0.3 is 0 Å². The lowest BCUT2D eigenvalue weighted by Crippen LogP contribution is -2.29. The molecule has 2 rings (SSSR count). The fourth-order valence-corrected chi connectivity index (χ4v) is 3.08. The lowest BCUT2D eigenvalue weighted by atomic mass is 10.0. The van der Waals surface area contributed by atoms with E-state index in [9.17, 15) is 4.79 Å². The predicted molar refractivity (Wildman–Crippen MR) is 99.1 cm³/mol. The maximum Gasteiger partial charge on any atom is 0.224 e. The number of benzene rings is 1. The van der Waals surface area contributed by atoms with Gasteiger partial charge in [0.05, 0.1) is 17.9 Å². The molecule has 0 fully saturated rings. The SMILES string of the molecule is CSCCc1ccc(C)cc1CN(C(C)=O)c1cccnc1C. The van der Waals surface area contributed by atoms with Gasteiger partial charge in [0.25, 0.3) is 0 Å². The molecule has 0 radical (unpaired) electrons. The van der Waals surface area contributed by atoms with Crippen molar-refractivity contribution in [3.05, 3.63) is 58.9 Å². The van der Waals surface area contributed by atoms with Crippen LogP contribution in [0, 0.1) is 13.8 Å². The van der Waals surface area contributed by atoms with E-state index >= 15 is 0 Å². The first-order valence-corrected chi connectivity index (χ1v) is 9.19. The van der Waals surface area contributed by atoms with E-state index in [1.54, 1.807) is 13.1 Å². The molecule has 0 saturated carbocycles.